The molecule has 0 bridgehead atoms. The van der Waals surface area contributed by atoms with Gasteiger partial charge in [-0.1, -0.05) is 24.3 Å². The van der Waals surface area contributed by atoms with Gasteiger partial charge in [-0.3, -0.25) is 0 Å². The van der Waals surface area contributed by atoms with Gasteiger partial charge in [-0.05, 0) is 41.8 Å². The van der Waals surface area contributed by atoms with Gasteiger partial charge in [0.1, 0.15) is 0 Å². The molecule has 0 aliphatic heterocycles. The van der Waals surface area contributed by atoms with Crippen molar-refractivity contribution in [3.05, 3.63) is 48.0 Å². The van der Waals surface area contributed by atoms with Crippen LogP contribution in [0.4, 0.5) is 5.69 Å². The molecule has 22 heavy (non-hydrogen) atoms. The molecule has 0 atom stereocenters. The van der Waals surface area contributed by atoms with Crippen LogP contribution in [0.2, 0.25) is 0 Å². The third kappa shape index (κ3) is 3.30. The number of hydrogen-bond donors (Lipinski definition) is 2. The number of nitrogen functional groups attached to an aromatic ring is 1. The van der Waals surface area contributed by atoms with Gasteiger partial charge in [0, 0.05) is 19.3 Å². The second kappa shape index (κ2) is 6.48. The average Bonchev–Trinajstić information content (AvgIpc) is 2.50. The molecule has 0 aliphatic carbocycles. The molecular formula is C16H20N2O3S. The van der Waals surface area contributed by atoms with E-state index in [1.165, 1.54) is 7.05 Å². The first kappa shape index (κ1) is 16.5. The summed E-state index contributed by atoms with van der Waals surface area (Å²) in [5.74, 6) is 0. The fourth-order valence-electron chi connectivity index (χ4n) is 2.08. The first-order valence-corrected chi connectivity index (χ1v) is 8.34. The molecule has 2 rings (SSSR count). The maximum atomic E-state index is 12.3. The Balaban J connectivity index is 2.32. The summed E-state index contributed by atoms with van der Waals surface area (Å²) in [6.07, 6.45) is 0. The summed E-state index contributed by atoms with van der Waals surface area (Å²) in [7, 11) is -2.12. The Hall–Kier alpha value is -1.89. The number of nitrogens with two attached hydrogens (primary N) is 1. The summed E-state index contributed by atoms with van der Waals surface area (Å²) in [4.78, 5) is 0.201. The fraction of sp³-hybridized carbons (Fsp3) is 0.250. The third-order valence-electron chi connectivity index (χ3n) is 3.59. The highest BCUT2D eigenvalue weighted by Gasteiger charge is 2.19. The zero-order valence-corrected chi connectivity index (χ0v) is 13.5. The van der Waals surface area contributed by atoms with Crippen LogP contribution in [0.3, 0.4) is 0 Å². The van der Waals surface area contributed by atoms with Gasteiger partial charge >= 0.3 is 0 Å². The van der Waals surface area contributed by atoms with Crippen LogP contribution in [0.5, 0.6) is 0 Å². The van der Waals surface area contributed by atoms with Gasteiger partial charge < -0.3 is 10.8 Å². The summed E-state index contributed by atoms with van der Waals surface area (Å²) in [6, 6.07) is 12.4. The summed E-state index contributed by atoms with van der Waals surface area (Å²) in [6.45, 7) is 1.79. The number of aliphatic hydroxyl groups is 1. The molecule has 5 nitrogen and oxygen atoms in total. The lowest BCUT2D eigenvalue weighted by atomic mass is 10.0. The predicted molar refractivity (Wildman–Crippen MR) is 87.9 cm³/mol. The lowest BCUT2D eigenvalue weighted by Gasteiger charge is -2.16. The van der Waals surface area contributed by atoms with Gasteiger partial charge in [-0.25, -0.2) is 8.42 Å². The minimum Gasteiger partial charge on any atom is -0.398 e. The van der Waals surface area contributed by atoms with Crippen molar-refractivity contribution in [2.45, 2.75) is 11.8 Å². The van der Waals surface area contributed by atoms with E-state index in [1.54, 1.807) is 24.3 Å². The molecule has 0 aliphatic rings. The SMILES string of the molecule is Cc1ccc(-c2ccc(S(=O)(=O)N(C)CCO)cc2)cc1N. The number of sulfonamides is 1. The van der Waals surface area contributed by atoms with E-state index in [0.717, 1.165) is 21.0 Å². The van der Waals surface area contributed by atoms with E-state index in [4.69, 9.17) is 10.8 Å². The summed E-state index contributed by atoms with van der Waals surface area (Å²) in [5, 5.41) is 8.87. The van der Waals surface area contributed by atoms with Crippen molar-refractivity contribution in [3.63, 3.8) is 0 Å². The number of aliphatic hydroxyl groups excluding tert-OH is 1. The van der Waals surface area contributed by atoms with Crippen LogP contribution in [0.25, 0.3) is 11.1 Å². The summed E-state index contributed by atoms with van der Waals surface area (Å²) in [5.41, 5.74) is 9.46. The molecule has 0 fully saturated rings. The standard InChI is InChI=1S/C16H20N2O3S/c1-12-3-4-14(11-16(12)17)13-5-7-15(8-6-13)22(20,21)18(2)9-10-19/h3-8,11,19H,9-10,17H2,1-2H3. The average molecular weight is 320 g/mol. The van der Waals surface area contributed by atoms with Crippen LogP contribution in [-0.2, 0) is 10.0 Å². The Kier molecular flexibility index (Phi) is 4.85. The molecule has 0 saturated heterocycles. The summed E-state index contributed by atoms with van der Waals surface area (Å²) < 4.78 is 25.7. The maximum absolute atomic E-state index is 12.3. The molecule has 0 spiro atoms. The Morgan fingerprint density at radius 2 is 1.68 bits per heavy atom. The van der Waals surface area contributed by atoms with Crippen molar-refractivity contribution in [1.82, 2.24) is 4.31 Å². The van der Waals surface area contributed by atoms with E-state index in [2.05, 4.69) is 0 Å². The van der Waals surface area contributed by atoms with Crippen molar-refractivity contribution in [2.75, 3.05) is 25.9 Å². The molecule has 0 heterocycles. The van der Waals surface area contributed by atoms with Gasteiger partial charge in [-0.2, -0.15) is 4.31 Å². The van der Waals surface area contributed by atoms with Gasteiger partial charge in [0.2, 0.25) is 10.0 Å². The van der Waals surface area contributed by atoms with Crippen LogP contribution >= 0.6 is 0 Å². The zero-order chi connectivity index (χ0) is 16.3. The normalized spacial score (nSPS) is 11.8. The van der Waals surface area contributed by atoms with Crippen molar-refractivity contribution in [2.24, 2.45) is 0 Å². The van der Waals surface area contributed by atoms with Gasteiger partial charge in [0.15, 0.2) is 0 Å². The quantitative estimate of drug-likeness (QED) is 0.824. The number of anilines is 1. The minimum atomic E-state index is -3.57. The Morgan fingerprint density at radius 1 is 1.09 bits per heavy atom. The number of hydrogen-bond acceptors (Lipinski definition) is 4. The first-order valence-electron chi connectivity index (χ1n) is 6.90. The molecule has 0 unspecified atom stereocenters. The molecule has 2 aromatic carbocycles. The lowest BCUT2D eigenvalue weighted by Crippen LogP contribution is -2.29. The van der Waals surface area contributed by atoms with Gasteiger partial charge in [-0.15, -0.1) is 0 Å². The van der Waals surface area contributed by atoms with E-state index < -0.39 is 10.0 Å². The highest BCUT2D eigenvalue weighted by atomic mass is 32.2. The van der Waals surface area contributed by atoms with Gasteiger partial charge in [0.25, 0.3) is 0 Å². The monoisotopic (exact) mass is 320 g/mol. The van der Waals surface area contributed by atoms with Crippen molar-refractivity contribution in [1.29, 1.82) is 0 Å². The molecular weight excluding hydrogens is 300 g/mol. The molecule has 0 radical (unpaired) electrons. The van der Waals surface area contributed by atoms with Crippen LogP contribution < -0.4 is 5.73 Å². The van der Waals surface area contributed by atoms with E-state index in [1.807, 2.05) is 25.1 Å². The number of rotatable bonds is 5. The number of nitrogens with zero attached hydrogens (tertiary/aromatic N) is 1. The fourth-order valence-corrected chi connectivity index (χ4v) is 3.24. The first-order chi connectivity index (χ1) is 10.4. The number of aryl methyl sites for hydroxylation is 1. The third-order valence-corrected chi connectivity index (χ3v) is 5.46. The Labute approximate surface area is 131 Å². The van der Waals surface area contributed by atoms with Crippen molar-refractivity contribution < 1.29 is 13.5 Å². The van der Waals surface area contributed by atoms with Crippen molar-refractivity contribution >= 4 is 15.7 Å². The summed E-state index contributed by atoms with van der Waals surface area (Å²) >= 11 is 0. The Morgan fingerprint density at radius 3 is 2.23 bits per heavy atom. The Bertz CT molecular complexity index is 755. The lowest BCUT2D eigenvalue weighted by molar-refractivity contribution is 0.266. The van der Waals surface area contributed by atoms with E-state index in [-0.39, 0.29) is 18.0 Å². The molecule has 3 N–H and O–H groups in total. The molecule has 2 aromatic rings. The molecule has 6 heteroatoms. The maximum Gasteiger partial charge on any atom is 0.242 e. The van der Waals surface area contributed by atoms with E-state index >= 15 is 0 Å². The van der Waals surface area contributed by atoms with Gasteiger partial charge in [0.05, 0.1) is 11.5 Å². The van der Waals surface area contributed by atoms with Crippen molar-refractivity contribution in [3.8, 4) is 11.1 Å². The number of likely N-dealkylation sites (N-methyl/N-ethyl adjacent to an activating group) is 1. The second-order valence-electron chi connectivity index (χ2n) is 5.15. The van der Waals surface area contributed by atoms with Crippen LogP contribution in [0, 0.1) is 6.92 Å². The highest BCUT2D eigenvalue weighted by Crippen LogP contribution is 2.25. The molecule has 0 aromatic heterocycles. The second-order valence-corrected chi connectivity index (χ2v) is 7.19. The van der Waals surface area contributed by atoms with E-state index in [9.17, 15) is 8.42 Å². The number of benzene rings is 2. The minimum absolute atomic E-state index is 0.0680. The largest absolute Gasteiger partial charge is 0.398 e. The molecule has 118 valence electrons. The smallest absolute Gasteiger partial charge is 0.242 e. The zero-order valence-electron chi connectivity index (χ0n) is 12.7. The topological polar surface area (TPSA) is 83.6 Å². The van der Waals surface area contributed by atoms with Crippen LogP contribution in [0.1, 0.15) is 5.56 Å². The van der Waals surface area contributed by atoms with E-state index in [0.29, 0.717) is 5.69 Å². The van der Waals surface area contributed by atoms with Crippen LogP contribution in [0.15, 0.2) is 47.4 Å². The van der Waals surface area contributed by atoms with Crippen LogP contribution in [-0.4, -0.2) is 38.0 Å². The molecule has 0 amide bonds. The predicted octanol–water partition coefficient (Wildman–Crippen LogP) is 1.86. The highest BCUT2D eigenvalue weighted by molar-refractivity contribution is 7.89. The molecule has 0 saturated carbocycles.